The first-order valence-corrected chi connectivity index (χ1v) is 6.69. The molecule has 8 heteroatoms. The van der Waals surface area contributed by atoms with E-state index in [9.17, 15) is 20.0 Å². The third kappa shape index (κ3) is 3.65. The van der Waals surface area contributed by atoms with Gasteiger partial charge < -0.3 is 14.4 Å². The minimum Gasteiger partial charge on any atom is -0.502 e. The summed E-state index contributed by atoms with van der Waals surface area (Å²) in [6.07, 6.45) is 1.54. The number of aromatic hydroxyl groups is 1. The van der Waals surface area contributed by atoms with Crippen molar-refractivity contribution in [3.8, 4) is 11.8 Å². The van der Waals surface area contributed by atoms with Crippen LogP contribution in [0.3, 0.4) is 0 Å². The van der Waals surface area contributed by atoms with Gasteiger partial charge in [0.1, 0.15) is 5.76 Å². The molecular formula is C15H13N3O5. The van der Waals surface area contributed by atoms with E-state index in [1.54, 1.807) is 12.1 Å². The average molecular weight is 315 g/mol. The molecule has 0 aliphatic heterocycles. The van der Waals surface area contributed by atoms with Crippen LogP contribution in [0, 0.1) is 21.4 Å². The Labute approximate surface area is 131 Å². The summed E-state index contributed by atoms with van der Waals surface area (Å²) in [7, 11) is 0. The fourth-order valence-corrected chi connectivity index (χ4v) is 2.05. The number of phenols is 1. The van der Waals surface area contributed by atoms with Crippen LogP contribution in [0.25, 0.3) is 0 Å². The Morgan fingerprint density at radius 1 is 1.39 bits per heavy atom. The second kappa shape index (κ2) is 7.09. The molecule has 0 radical (unpaired) electrons. The summed E-state index contributed by atoms with van der Waals surface area (Å²) in [5.74, 6) is -0.803. The molecule has 0 saturated carbocycles. The molecule has 0 aliphatic rings. The number of nitro groups is 1. The Hall–Kier alpha value is -3.34. The number of furan rings is 1. The number of carbonyl (C=O) groups is 1. The maximum absolute atomic E-state index is 12.6. The Balaban J connectivity index is 2.31. The maximum Gasteiger partial charge on any atom is 0.311 e. The lowest BCUT2D eigenvalue weighted by atomic mass is 10.1. The molecule has 23 heavy (non-hydrogen) atoms. The van der Waals surface area contributed by atoms with Crippen molar-refractivity contribution in [1.29, 1.82) is 5.26 Å². The number of amides is 1. The highest BCUT2D eigenvalue weighted by atomic mass is 16.6. The average Bonchev–Trinajstić information content (AvgIpc) is 3.03. The normalized spacial score (nSPS) is 10.0. The summed E-state index contributed by atoms with van der Waals surface area (Å²) in [6.45, 7) is 0.202. The van der Waals surface area contributed by atoms with Crippen LogP contribution >= 0.6 is 0 Å². The van der Waals surface area contributed by atoms with E-state index in [0.29, 0.717) is 5.76 Å². The number of carbonyl (C=O) groups excluding carboxylic acids is 1. The first kappa shape index (κ1) is 16.0. The van der Waals surface area contributed by atoms with Gasteiger partial charge >= 0.3 is 5.69 Å². The van der Waals surface area contributed by atoms with Gasteiger partial charge in [0.25, 0.3) is 5.91 Å². The zero-order chi connectivity index (χ0) is 16.8. The first-order valence-electron chi connectivity index (χ1n) is 6.69. The largest absolute Gasteiger partial charge is 0.502 e. The highest BCUT2D eigenvalue weighted by Crippen LogP contribution is 2.30. The zero-order valence-electron chi connectivity index (χ0n) is 12.0. The summed E-state index contributed by atoms with van der Waals surface area (Å²) in [4.78, 5) is 23.9. The molecular weight excluding hydrogens is 302 g/mol. The van der Waals surface area contributed by atoms with Gasteiger partial charge in [-0.25, -0.2) is 0 Å². The number of rotatable bonds is 6. The van der Waals surface area contributed by atoms with Gasteiger partial charge in [0.2, 0.25) is 5.75 Å². The van der Waals surface area contributed by atoms with Gasteiger partial charge in [-0.3, -0.25) is 14.9 Å². The third-order valence-corrected chi connectivity index (χ3v) is 3.15. The predicted molar refractivity (Wildman–Crippen MR) is 78.4 cm³/mol. The van der Waals surface area contributed by atoms with Crippen LogP contribution < -0.4 is 0 Å². The Bertz CT molecular complexity index is 749. The minimum absolute atomic E-state index is 0.0855. The smallest absolute Gasteiger partial charge is 0.311 e. The number of nitriles is 1. The molecule has 1 aromatic heterocycles. The summed E-state index contributed by atoms with van der Waals surface area (Å²) in [5.41, 5.74) is -0.738. The van der Waals surface area contributed by atoms with Crippen molar-refractivity contribution in [3.63, 3.8) is 0 Å². The monoisotopic (exact) mass is 315 g/mol. The van der Waals surface area contributed by atoms with Crippen molar-refractivity contribution >= 4 is 11.6 Å². The minimum atomic E-state index is -0.766. The molecule has 1 amide bonds. The van der Waals surface area contributed by atoms with Crippen LogP contribution in [0.2, 0.25) is 0 Å². The van der Waals surface area contributed by atoms with Gasteiger partial charge in [0.05, 0.1) is 35.8 Å². The highest BCUT2D eigenvalue weighted by molar-refractivity contribution is 5.98. The Morgan fingerprint density at radius 3 is 2.78 bits per heavy atom. The van der Waals surface area contributed by atoms with E-state index < -0.39 is 22.3 Å². The lowest BCUT2D eigenvalue weighted by molar-refractivity contribution is -0.385. The van der Waals surface area contributed by atoms with Gasteiger partial charge in [0.15, 0.2) is 0 Å². The highest BCUT2D eigenvalue weighted by Gasteiger charge is 2.25. The summed E-state index contributed by atoms with van der Waals surface area (Å²) in [5, 5.41) is 29.5. The lowest BCUT2D eigenvalue weighted by Gasteiger charge is -2.20. The van der Waals surface area contributed by atoms with Crippen LogP contribution in [0.5, 0.6) is 5.75 Å². The molecule has 2 rings (SSSR count). The fraction of sp³-hybridized carbons (Fsp3) is 0.200. The van der Waals surface area contributed by atoms with Crippen molar-refractivity contribution in [2.45, 2.75) is 13.0 Å². The standard InChI is InChI=1S/C15H13N3O5/c16-7-3-8-17(10-11-4-2-9-23-11)15(20)12-5-1-6-13(14(12)19)18(21)22/h1-2,4-6,9,19H,3,8,10H2. The van der Waals surface area contributed by atoms with E-state index in [0.717, 1.165) is 6.07 Å². The van der Waals surface area contributed by atoms with Crippen molar-refractivity contribution in [2.75, 3.05) is 6.54 Å². The molecule has 0 atom stereocenters. The fourth-order valence-electron chi connectivity index (χ4n) is 2.05. The Morgan fingerprint density at radius 2 is 2.17 bits per heavy atom. The second-order valence-corrected chi connectivity index (χ2v) is 4.64. The van der Waals surface area contributed by atoms with Crippen LogP contribution in [0.1, 0.15) is 22.5 Å². The van der Waals surface area contributed by atoms with Gasteiger partial charge in [-0.1, -0.05) is 6.07 Å². The van der Waals surface area contributed by atoms with Crippen molar-refractivity contribution < 1.29 is 19.2 Å². The van der Waals surface area contributed by atoms with Gasteiger partial charge in [-0.15, -0.1) is 0 Å². The molecule has 8 nitrogen and oxygen atoms in total. The first-order chi connectivity index (χ1) is 11.0. The molecule has 0 bridgehead atoms. The van der Waals surface area contributed by atoms with Crippen molar-refractivity contribution in [2.24, 2.45) is 0 Å². The van der Waals surface area contributed by atoms with E-state index in [4.69, 9.17) is 9.68 Å². The summed E-state index contributed by atoms with van der Waals surface area (Å²) < 4.78 is 5.17. The quantitative estimate of drug-likeness (QED) is 0.645. The second-order valence-electron chi connectivity index (χ2n) is 4.64. The molecule has 2 aromatic rings. The molecule has 118 valence electrons. The molecule has 0 fully saturated rings. The number of nitro benzene ring substituents is 1. The van der Waals surface area contributed by atoms with Crippen LogP contribution in [-0.4, -0.2) is 27.4 Å². The van der Waals surface area contributed by atoms with Crippen LogP contribution in [0.15, 0.2) is 41.0 Å². The van der Waals surface area contributed by atoms with Gasteiger partial charge in [-0.05, 0) is 18.2 Å². The number of benzene rings is 1. The topological polar surface area (TPSA) is 121 Å². The van der Waals surface area contributed by atoms with Crippen molar-refractivity contribution in [3.05, 3.63) is 58.0 Å². The molecule has 0 saturated heterocycles. The Kier molecular flexibility index (Phi) is 4.94. The lowest BCUT2D eigenvalue weighted by Crippen LogP contribution is -2.31. The van der Waals surface area contributed by atoms with Crippen LogP contribution in [-0.2, 0) is 6.54 Å². The van der Waals surface area contributed by atoms with E-state index in [-0.39, 0.29) is 25.1 Å². The molecule has 0 aliphatic carbocycles. The number of nitrogens with zero attached hydrogens (tertiary/aromatic N) is 3. The van der Waals surface area contributed by atoms with Crippen LogP contribution in [0.4, 0.5) is 5.69 Å². The van der Waals surface area contributed by atoms with E-state index in [1.165, 1.54) is 23.3 Å². The molecule has 0 unspecified atom stereocenters. The molecule has 1 heterocycles. The number of phenolic OH excluding ortho intramolecular Hbond substituents is 1. The van der Waals surface area contributed by atoms with Crippen molar-refractivity contribution in [1.82, 2.24) is 4.90 Å². The van der Waals surface area contributed by atoms with E-state index >= 15 is 0 Å². The number of para-hydroxylation sites is 1. The number of hydrogen-bond donors (Lipinski definition) is 1. The molecule has 1 aromatic carbocycles. The summed E-state index contributed by atoms with van der Waals surface area (Å²) >= 11 is 0. The van der Waals surface area contributed by atoms with Gasteiger partial charge in [0, 0.05) is 12.6 Å². The molecule has 1 N–H and O–H groups in total. The SMILES string of the molecule is N#CCCN(Cc1ccco1)C(=O)c1cccc([N+](=O)[O-])c1O. The summed E-state index contributed by atoms with van der Waals surface area (Å²) in [6, 6.07) is 8.99. The van der Waals surface area contributed by atoms with E-state index in [2.05, 4.69) is 0 Å². The zero-order valence-corrected chi connectivity index (χ0v) is 12.0. The van der Waals surface area contributed by atoms with E-state index in [1.807, 2.05) is 6.07 Å². The molecule has 0 spiro atoms. The van der Waals surface area contributed by atoms with Gasteiger partial charge in [-0.2, -0.15) is 5.26 Å². The number of hydrogen-bond acceptors (Lipinski definition) is 6. The maximum atomic E-state index is 12.6. The predicted octanol–water partition coefficient (Wildman–Crippen LogP) is 2.45. The third-order valence-electron chi connectivity index (χ3n) is 3.15.